The molecule has 4 nitrogen and oxygen atoms in total. The van der Waals surface area contributed by atoms with Gasteiger partial charge < -0.3 is 11.1 Å². The third kappa shape index (κ3) is 3.22. The van der Waals surface area contributed by atoms with Gasteiger partial charge in [0.1, 0.15) is 6.04 Å². The Hall–Kier alpha value is -3.40. The van der Waals surface area contributed by atoms with Crippen LogP contribution in [0.1, 0.15) is 22.6 Å². The molecule has 1 aliphatic rings. The Morgan fingerprint density at radius 1 is 0.815 bits per heavy atom. The standard InChI is InChI=1S/C23H20N2O2/c24-23(27)22(25-20(26)14-15-8-2-1-3-9-15)21-18-12-6-4-10-16(18)17-11-5-7-13-19(17)21/h1-13,21-22H,14H2,(H2,24,27)(H,25,26)/t22-/m0/s1. The first kappa shape index (κ1) is 17.0. The zero-order valence-electron chi connectivity index (χ0n) is 14.8. The second-order valence-electron chi connectivity index (χ2n) is 6.76. The van der Waals surface area contributed by atoms with Crippen molar-refractivity contribution in [3.63, 3.8) is 0 Å². The van der Waals surface area contributed by atoms with Gasteiger partial charge in [-0.25, -0.2) is 0 Å². The van der Waals surface area contributed by atoms with Gasteiger partial charge >= 0.3 is 0 Å². The Kier molecular flexibility index (Phi) is 4.47. The lowest BCUT2D eigenvalue weighted by molar-refractivity contribution is -0.127. The van der Waals surface area contributed by atoms with E-state index in [1.54, 1.807) is 0 Å². The minimum absolute atomic E-state index is 0.209. The fourth-order valence-electron chi connectivity index (χ4n) is 3.88. The fraction of sp³-hybridized carbons (Fsp3) is 0.130. The van der Waals surface area contributed by atoms with Crippen LogP contribution in [0.15, 0.2) is 78.9 Å². The first-order valence-corrected chi connectivity index (χ1v) is 8.96. The van der Waals surface area contributed by atoms with E-state index >= 15 is 0 Å². The van der Waals surface area contributed by atoms with Crippen molar-refractivity contribution in [1.82, 2.24) is 5.32 Å². The predicted molar refractivity (Wildman–Crippen MR) is 105 cm³/mol. The second-order valence-corrected chi connectivity index (χ2v) is 6.76. The van der Waals surface area contributed by atoms with Gasteiger partial charge in [-0.2, -0.15) is 0 Å². The average Bonchev–Trinajstić information content (AvgIpc) is 3.01. The molecule has 1 atom stereocenters. The number of primary amides is 1. The van der Waals surface area contributed by atoms with Crippen LogP contribution >= 0.6 is 0 Å². The van der Waals surface area contributed by atoms with E-state index in [1.165, 1.54) is 0 Å². The van der Waals surface area contributed by atoms with Crippen LogP contribution in [0.3, 0.4) is 0 Å². The summed E-state index contributed by atoms with van der Waals surface area (Å²) in [6.07, 6.45) is 0.209. The molecule has 0 fully saturated rings. The van der Waals surface area contributed by atoms with Crippen molar-refractivity contribution >= 4 is 11.8 Å². The van der Waals surface area contributed by atoms with Gasteiger partial charge in [-0.3, -0.25) is 9.59 Å². The van der Waals surface area contributed by atoms with Gasteiger partial charge in [0.25, 0.3) is 0 Å². The molecule has 0 aliphatic heterocycles. The summed E-state index contributed by atoms with van der Waals surface area (Å²) in [7, 11) is 0. The van der Waals surface area contributed by atoms with Crippen LogP contribution in [0.2, 0.25) is 0 Å². The summed E-state index contributed by atoms with van der Waals surface area (Å²) in [6, 6.07) is 24.6. The molecule has 0 bridgehead atoms. The average molecular weight is 356 g/mol. The molecule has 27 heavy (non-hydrogen) atoms. The Balaban J connectivity index is 1.66. The smallest absolute Gasteiger partial charge is 0.240 e. The minimum Gasteiger partial charge on any atom is -0.368 e. The van der Waals surface area contributed by atoms with E-state index in [0.717, 1.165) is 27.8 Å². The molecule has 0 saturated heterocycles. The molecule has 3 aromatic rings. The van der Waals surface area contributed by atoms with E-state index in [0.29, 0.717) is 0 Å². The molecule has 4 rings (SSSR count). The summed E-state index contributed by atoms with van der Waals surface area (Å²) in [4.78, 5) is 24.9. The van der Waals surface area contributed by atoms with Crippen LogP contribution < -0.4 is 11.1 Å². The molecule has 0 saturated carbocycles. The van der Waals surface area contributed by atoms with E-state index in [1.807, 2.05) is 78.9 Å². The third-order valence-corrected chi connectivity index (χ3v) is 5.05. The monoisotopic (exact) mass is 356 g/mol. The summed E-state index contributed by atoms with van der Waals surface area (Å²) < 4.78 is 0. The van der Waals surface area contributed by atoms with Gasteiger partial charge in [0.2, 0.25) is 11.8 Å². The number of nitrogens with one attached hydrogen (secondary N) is 1. The molecule has 0 aromatic heterocycles. The Labute approximate surface area is 158 Å². The van der Waals surface area contributed by atoms with E-state index in [9.17, 15) is 9.59 Å². The third-order valence-electron chi connectivity index (χ3n) is 5.05. The molecule has 0 heterocycles. The van der Waals surface area contributed by atoms with Crippen molar-refractivity contribution in [3.05, 3.63) is 95.6 Å². The zero-order chi connectivity index (χ0) is 18.8. The van der Waals surface area contributed by atoms with E-state index in [-0.39, 0.29) is 18.2 Å². The SMILES string of the molecule is NC(=O)[C@@H](NC(=O)Cc1ccccc1)C1c2ccccc2-c2ccccc21. The number of fused-ring (bicyclic) bond motifs is 3. The summed E-state index contributed by atoms with van der Waals surface area (Å²) in [5, 5.41) is 2.88. The van der Waals surface area contributed by atoms with Gasteiger partial charge in [0, 0.05) is 5.92 Å². The van der Waals surface area contributed by atoms with Crippen LogP contribution in [-0.2, 0) is 16.0 Å². The molecule has 4 heteroatoms. The Morgan fingerprint density at radius 3 is 1.89 bits per heavy atom. The maximum absolute atomic E-state index is 12.6. The molecule has 0 radical (unpaired) electrons. The van der Waals surface area contributed by atoms with Crippen molar-refractivity contribution in [1.29, 1.82) is 0 Å². The van der Waals surface area contributed by atoms with Gasteiger partial charge in [-0.1, -0.05) is 78.9 Å². The number of hydrogen-bond donors (Lipinski definition) is 2. The summed E-state index contributed by atoms with van der Waals surface area (Å²) >= 11 is 0. The predicted octanol–water partition coefficient (Wildman–Crippen LogP) is 3.01. The number of carbonyl (C=O) groups is 2. The van der Waals surface area contributed by atoms with Gasteiger partial charge in [-0.05, 0) is 27.8 Å². The van der Waals surface area contributed by atoms with Crippen LogP contribution in [0.5, 0.6) is 0 Å². The highest BCUT2D eigenvalue weighted by atomic mass is 16.2. The number of hydrogen-bond acceptors (Lipinski definition) is 2. The quantitative estimate of drug-likeness (QED) is 0.738. The van der Waals surface area contributed by atoms with E-state index in [4.69, 9.17) is 5.73 Å². The van der Waals surface area contributed by atoms with Crippen LogP contribution in [0.4, 0.5) is 0 Å². The largest absolute Gasteiger partial charge is 0.368 e. The number of rotatable bonds is 5. The van der Waals surface area contributed by atoms with Crippen molar-refractivity contribution in [2.24, 2.45) is 5.73 Å². The maximum Gasteiger partial charge on any atom is 0.240 e. The van der Waals surface area contributed by atoms with Gasteiger partial charge in [0.15, 0.2) is 0 Å². The molecule has 3 aromatic carbocycles. The summed E-state index contributed by atoms with van der Waals surface area (Å²) in [5.41, 5.74) is 10.8. The van der Waals surface area contributed by atoms with Crippen molar-refractivity contribution < 1.29 is 9.59 Å². The Morgan fingerprint density at radius 2 is 1.33 bits per heavy atom. The van der Waals surface area contributed by atoms with Gasteiger partial charge in [0.05, 0.1) is 6.42 Å². The molecule has 3 N–H and O–H groups in total. The van der Waals surface area contributed by atoms with Crippen LogP contribution in [-0.4, -0.2) is 17.9 Å². The first-order valence-electron chi connectivity index (χ1n) is 8.96. The maximum atomic E-state index is 12.6. The first-order chi connectivity index (χ1) is 13.1. The highest BCUT2D eigenvalue weighted by molar-refractivity contribution is 5.91. The minimum atomic E-state index is -0.800. The molecular weight excluding hydrogens is 336 g/mol. The lowest BCUT2D eigenvalue weighted by Crippen LogP contribution is -2.48. The summed E-state index contributed by atoms with van der Waals surface area (Å²) in [5.74, 6) is -1.03. The van der Waals surface area contributed by atoms with Crippen molar-refractivity contribution in [2.75, 3.05) is 0 Å². The highest BCUT2D eigenvalue weighted by Crippen LogP contribution is 2.46. The number of benzene rings is 3. The number of carbonyl (C=O) groups excluding carboxylic acids is 2. The number of nitrogens with two attached hydrogens (primary N) is 1. The molecule has 0 unspecified atom stereocenters. The van der Waals surface area contributed by atoms with E-state index < -0.39 is 11.9 Å². The molecule has 0 spiro atoms. The fourth-order valence-corrected chi connectivity index (χ4v) is 3.88. The van der Waals surface area contributed by atoms with Crippen LogP contribution in [0.25, 0.3) is 11.1 Å². The molecule has 1 aliphatic carbocycles. The lowest BCUT2D eigenvalue weighted by Gasteiger charge is -2.24. The van der Waals surface area contributed by atoms with E-state index in [2.05, 4.69) is 5.32 Å². The molecule has 134 valence electrons. The molecule has 2 amide bonds. The van der Waals surface area contributed by atoms with Crippen molar-refractivity contribution in [3.8, 4) is 11.1 Å². The molecular formula is C23H20N2O2. The lowest BCUT2D eigenvalue weighted by atomic mass is 9.88. The summed E-state index contributed by atoms with van der Waals surface area (Å²) in [6.45, 7) is 0. The highest BCUT2D eigenvalue weighted by Gasteiger charge is 2.37. The zero-order valence-corrected chi connectivity index (χ0v) is 14.8. The second kappa shape index (κ2) is 7.08. The van der Waals surface area contributed by atoms with Gasteiger partial charge in [-0.15, -0.1) is 0 Å². The Bertz CT molecular complexity index is 953. The topological polar surface area (TPSA) is 72.2 Å². The normalized spacial score (nSPS) is 13.5. The number of amides is 2. The van der Waals surface area contributed by atoms with Crippen LogP contribution in [0, 0.1) is 0 Å². The van der Waals surface area contributed by atoms with Crippen molar-refractivity contribution in [2.45, 2.75) is 18.4 Å².